The van der Waals surface area contributed by atoms with E-state index in [2.05, 4.69) is 29.3 Å². The standard InChI is InChI=1S/C20H30N2OS.CH2O2/c1-21(2)15-8-13-10-16(11-14(13)9-15)22(3)20(23)18-12-24-19-7-5-4-6-17(18)19;2-1-3/h12-16H,4-11H2,1-3H3;1H,(H,2,3)/t13-,14+,15?,16?;. The van der Waals surface area contributed by atoms with Gasteiger partial charge in [-0.25, -0.2) is 0 Å². The first-order chi connectivity index (χ1) is 13.0. The van der Waals surface area contributed by atoms with Crippen molar-refractivity contribution in [3.05, 3.63) is 21.4 Å². The van der Waals surface area contributed by atoms with E-state index < -0.39 is 0 Å². The highest BCUT2D eigenvalue weighted by Crippen LogP contribution is 2.46. The van der Waals surface area contributed by atoms with Gasteiger partial charge < -0.3 is 14.9 Å². The van der Waals surface area contributed by atoms with Gasteiger partial charge in [0.15, 0.2) is 0 Å². The first kappa shape index (κ1) is 20.3. The Labute approximate surface area is 166 Å². The molecule has 0 spiro atoms. The lowest BCUT2D eigenvalue weighted by Crippen LogP contribution is -2.36. The van der Waals surface area contributed by atoms with Crippen LogP contribution in [0, 0.1) is 11.8 Å². The van der Waals surface area contributed by atoms with E-state index in [1.54, 1.807) is 0 Å². The molecule has 6 heteroatoms. The van der Waals surface area contributed by atoms with Crippen molar-refractivity contribution in [2.24, 2.45) is 11.8 Å². The molecule has 27 heavy (non-hydrogen) atoms. The van der Waals surface area contributed by atoms with Gasteiger partial charge in [-0.1, -0.05) is 0 Å². The summed E-state index contributed by atoms with van der Waals surface area (Å²) in [5.74, 6) is 1.94. The Balaban J connectivity index is 0.000000659. The Bertz CT molecular complexity index is 658. The molecule has 1 aromatic rings. The van der Waals surface area contributed by atoms with Crippen molar-refractivity contribution in [3.8, 4) is 0 Å². The molecule has 0 saturated heterocycles. The van der Waals surface area contributed by atoms with Crippen LogP contribution in [0.1, 0.15) is 59.3 Å². The minimum atomic E-state index is -0.250. The third kappa shape index (κ3) is 4.21. The third-order valence-corrected chi connectivity index (χ3v) is 7.94. The van der Waals surface area contributed by atoms with Crippen LogP contribution >= 0.6 is 11.3 Å². The maximum Gasteiger partial charge on any atom is 0.290 e. The lowest BCUT2D eigenvalue weighted by atomic mass is 9.95. The fraction of sp³-hybridized carbons (Fsp3) is 0.714. The topological polar surface area (TPSA) is 60.9 Å². The smallest absolute Gasteiger partial charge is 0.290 e. The molecule has 1 amide bonds. The van der Waals surface area contributed by atoms with Gasteiger partial charge in [-0.05, 0) is 82.9 Å². The number of carboxylic acid groups (broad SMARTS) is 1. The number of hydrogen-bond donors (Lipinski definition) is 1. The molecule has 4 atom stereocenters. The van der Waals surface area contributed by atoms with Crippen LogP contribution in [0.5, 0.6) is 0 Å². The summed E-state index contributed by atoms with van der Waals surface area (Å²) < 4.78 is 0. The summed E-state index contributed by atoms with van der Waals surface area (Å²) >= 11 is 1.81. The minimum Gasteiger partial charge on any atom is -0.483 e. The predicted molar refractivity (Wildman–Crippen MR) is 108 cm³/mol. The lowest BCUT2D eigenvalue weighted by molar-refractivity contribution is -0.122. The monoisotopic (exact) mass is 392 g/mol. The van der Waals surface area contributed by atoms with Crippen LogP contribution in [0.3, 0.4) is 0 Å². The molecule has 1 N–H and O–H groups in total. The number of fused-ring (bicyclic) bond motifs is 2. The number of rotatable bonds is 3. The van der Waals surface area contributed by atoms with Crippen LogP contribution in [-0.4, -0.2) is 60.5 Å². The van der Waals surface area contributed by atoms with Crippen LogP contribution in [0.2, 0.25) is 0 Å². The molecule has 2 saturated carbocycles. The maximum absolute atomic E-state index is 13.1. The molecule has 0 aliphatic heterocycles. The summed E-state index contributed by atoms with van der Waals surface area (Å²) in [7, 11) is 6.46. The molecule has 5 nitrogen and oxygen atoms in total. The van der Waals surface area contributed by atoms with Gasteiger partial charge in [0.2, 0.25) is 0 Å². The van der Waals surface area contributed by atoms with Crippen LogP contribution in [0.4, 0.5) is 0 Å². The van der Waals surface area contributed by atoms with Gasteiger partial charge in [-0.3, -0.25) is 9.59 Å². The molecule has 2 unspecified atom stereocenters. The van der Waals surface area contributed by atoms with E-state index in [-0.39, 0.29) is 12.4 Å². The highest BCUT2D eigenvalue weighted by molar-refractivity contribution is 7.10. The van der Waals surface area contributed by atoms with Crippen molar-refractivity contribution >= 4 is 23.7 Å². The van der Waals surface area contributed by atoms with Crippen LogP contribution in [0.15, 0.2) is 5.38 Å². The number of carbonyl (C=O) groups is 2. The number of nitrogens with zero attached hydrogens (tertiary/aromatic N) is 2. The lowest BCUT2D eigenvalue weighted by Gasteiger charge is -2.27. The van der Waals surface area contributed by atoms with Crippen molar-refractivity contribution in [2.45, 2.75) is 63.5 Å². The van der Waals surface area contributed by atoms with Crippen LogP contribution in [-0.2, 0) is 17.6 Å². The van der Waals surface area contributed by atoms with Gasteiger partial charge in [-0.2, -0.15) is 0 Å². The van der Waals surface area contributed by atoms with Gasteiger partial charge in [-0.15, -0.1) is 11.3 Å². The van der Waals surface area contributed by atoms with Gasteiger partial charge in [0.1, 0.15) is 0 Å². The second-order valence-corrected chi connectivity index (χ2v) is 9.48. The van der Waals surface area contributed by atoms with Gasteiger partial charge >= 0.3 is 0 Å². The Kier molecular flexibility index (Phi) is 6.58. The van der Waals surface area contributed by atoms with E-state index in [4.69, 9.17) is 9.90 Å². The van der Waals surface area contributed by atoms with Crippen LogP contribution in [0.25, 0.3) is 0 Å². The summed E-state index contributed by atoms with van der Waals surface area (Å²) in [5, 5.41) is 9.02. The van der Waals surface area contributed by atoms with E-state index in [1.807, 2.05) is 18.4 Å². The van der Waals surface area contributed by atoms with E-state index in [9.17, 15) is 4.79 Å². The van der Waals surface area contributed by atoms with Gasteiger partial charge in [0.05, 0.1) is 5.56 Å². The largest absolute Gasteiger partial charge is 0.483 e. The summed E-state index contributed by atoms with van der Waals surface area (Å²) in [4.78, 5) is 27.4. The average molecular weight is 393 g/mol. The summed E-state index contributed by atoms with van der Waals surface area (Å²) in [6.07, 6.45) is 9.88. The SMILES string of the molecule is CN(C)C1C[C@@H]2CC(N(C)C(=O)c3csc4c3CCCC4)C[C@@H]2C1.O=CO. The quantitative estimate of drug-likeness (QED) is 0.800. The number of aryl methyl sites for hydroxylation is 1. The summed E-state index contributed by atoms with van der Waals surface area (Å²) in [6.45, 7) is -0.250. The fourth-order valence-corrected chi connectivity index (χ4v) is 6.44. The fourth-order valence-electron chi connectivity index (χ4n) is 5.32. The zero-order valence-electron chi connectivity index (χ0n) is 16.7. The van der Waals surface area contributed by atoms with E-state index in [0.29, 0.717) is 6.04 Å². The zero-order valence-corrected chi connectivity index (χ0v) is 17.5. The van der Waals surface area contributed by atoms with Crippen LogP contribution < -0.4 is 0 Å². The van der Waals surface area contributed by atoms with Crippen molar-refractivity contribution in [1.29, 1.82) is 0 Å². The first-order valence-electron chi connectivity index (χ1n) is 10.1. The molecule has 3 aliphatic rings. The molecule has 0 aromatic carbocycles. The second-order valence-electron chi connectivity index (χ2n) is 8.51. The number of amides is 1. The molecule has 4 rings (SSSR count). The third-order valence-electron chi connectivity index (χ3n) is 6.86. The molecule has 1 heterocycles. The Morgan fingerprint density at radius 2 is 1.63 bits per heavy atom. The van der Waals surface area contributed by atoms with Crippen molar-refractivity contribution in [3.63, 3.8) is 0 Å². The molecule has 3 aliphatic carbocycles. The molecule has 0 bridgehead atoms. The summed E-state index contributed by atoms with van der Waals surface area (Å²) in [6, 6.07) is 1.21. The Morgan fingerprint density at radius 1 is 1.07 bits per heavy atom. The first-order valence-corrected chi connectivity index (χ1v) is 10.9. The minimum absolute atomic E-state index is 0.250. The molecule has 150 valence electrons. The maximum atomic E-state index is 13.1. The highest BCUT2D eigenvalue weighted by Gasteiger charge is 2.44. The normalized spacial score (nSPS) is 28.9. The van der Waals surface area contributed by atoms with Crippen molar-refractivity contribution < 1.29 is 14.7 Å². The second kappa shape index (κ2) is 8.74. The predicted octanol–water partition coefficient (Wildman–Crippen LogP) is 3.52. The Morgan fingerprint density at radius 3 is 2.22 bits per heavy atom. The number of thiophene rings is 1. The van der Waals surface area contributed by atoms with Gasteiger partial charge in [0, 0.05) is 29.4 Å². The highest BCUT2D eigenvalue weighted by atomic mass is 32.1. The molecule has 0 radical (unpaired) electrons. The molecular formula is C21H32N2O3S. The van der Waals surface area contributed by atoms with Crippen molar-refractivity contribution in [2.75, 3.05) is 21.1 Å². The Hall–Kier alpha value is -1.40. The molecule has 1 aromatic heterocycles. The zero-order chi connectivity index (χ0) is 19.6. The van der Waals surface area contributed by atoms with E-state index in [0.717, 1.165) is 29.9 Å². The summed E-state index contributed by atoms with van der Waals surface area (Å²) in [5.41, 5.74) is 2.38. The number of carbonyl (C=O) groups excluding carboxylic acids is 1. The van der Waals surface area contributed by atoms with Gasteiger partial charge in [0.25, 0.3) is 12.4 Å². The molecule has 2 fully saturated rings. The van der Waals surface area contributed by atoms with Crippen molar-refractivity contribution in [1.82, 2.24) is 9.80 Å². The average Bonchev–Trinajstić information content (AvgIpc) is 3.33. The van der Waals surface area contributed by atoms with E-state index >= 15 is 0 Å². The molecular weight excluding hydrogens is 360 g/mol. The van der Waals surface area contributed by atoms with E-state index in [1.165, 1.54) is 55.4 Å². The number of hydrogen-bond acceptors (Lipinski definition) is 4.